The maximum atomic E-state index is 12.3. The second-order valence-corrected chi connectivity index (χ2v) is 5.17. The lowest BCUT2D eigenvalue weighted by molar-refractivity contribution is -0.0498. The van der Waals surface area contributed by atoms with Crippen LogP contribution in [0.15, 0.2) is 30.5 Å². The Kier molecular flexibility index (Phi) is 3.77. The van der Waals surface area contributed by atoms with Crippen LogP contribution in [0.1, 0.15) is 30.1 Å². The summed E-state index contributed by atoms with van der Waals surface area (Å²) in [6.45, 7) is -2.81. The maximum Gasteiger partial charge on any atom is 0.387 e. The summed E-state index contributed by atoms with van der Waals surface area (Å²) < 4.78 is 30.8. The number of benzene rings is 1. The van der Waals surface area contributed by atoms with E-state index in [1.807, 2.05) is 24.0 Å². The average Bonchev–Trinajstić information content (AvgIpc) is 2.82. The smallest absolute Gasteiger partial charge is 0.387 e. The van der Waals surface area contributed by atoms with Gasteiger partial charge in [-0.1, -0.05) is 6.07 Å². The molecule has 0 radical (unpaired) electrons. The minimum atomic E-state index is -2.81. The third-order valence-electron chi connectivity index (χ3n) is 3.78. The number of aromatic nitrogens is 2. The molecule has 6 heteroatoms. The van der Waals surface area contributed by atoms with Gasteiger partial charge in [-0.05, 0) is 31.4 Å². The molecule has 1 heterocycles. The summed E-state index contributed by atoms with van der Waals surface area (Å²) in [6.07, 6.45) is 4.99. The summed E-state index contributed by atoms with van der Waals surface area (Å²) >= 11 is 0. The summed E-state index contributed by atoms with van der Waals surface area (Å²) in [7, 11) is 1.94. The van der Waals surface area contributed by atoms with Gasteiger partial charge in [0.25, 0.3) is 0 Å². The highest BCUT2D eigenvalue weighted by molar-refractivity contribution is 5.50. The van der Waals surface area contributed by atoms with Crippen LogP contribution in [0.2, 0.25) is 0 Å². The summed E-state index contributed by atoms with van der Waals surface area (Å²) in [5, 5.41) is 7.69. The number of nitrogens with zero attached hydrogens (tertiary/aromatic N) is 2. The molecule has 1 aliphatic carbocycles. The van der Waals surface area contributed by atoms with Crippen molar-refractivity contribution in [2.24, 2.45) is 7.05 Å². The van der Waals surface area contributed by atoms with Gasteiger partial charge in [0, 0.05) is 30.1 Å². The molecular weight excluding hydrogens is 276 g/mol. The largest absolute Gasteiger partial charge is 0.435 e. The van der Waals surface area contributed by atoms with Gasteiger partial charge in [-0.2, -0.15) is 13.9 Å². The molecule has 0 spiro atoms. The fourth-order valence-electron chi connectivity index (χ4n) is 2.82. The van der Waals surface area contributed by atoms with Crippen molar-refractivity contribution in [3.63, 3.8) is 0 Å². The van der Waals surface area contributed by atoms with E-state index in [9.17, 15) is 8.78 Å². The van der Waals surface area contributed by atoms with Gasteiger partial charge in [0.2, 0.25) is 0 Å². The number of fused-ring (bicyclic) bond motifs is 1. The molecule has 2 aromatic rings. The number of alkyl halides is 2. The Hall–Kier alpha value is -2.11. The Labute approximate surface area is 121 Å². The van der Waals surface area contributed by atoms with Gasteiger partial charge in [-0.3, -0.25) is 4.68 Å². The zero-order valence-electron chi connectivity index (χ0n) is 11.7. The quantitative estimate of drug-likeness (QED) is 0.937. The molecular formula is C15H17F2N3O. The SMILES string of the molecule is Cn1ncc2c1CCCC2Nc1cccc(OC(F)F)c1. The highest BCUT2D eigenvalue weighted by atomic mass is 19.3. The van der Waals surface area contributed by atoms with Gasteiger partial charge in [0.15, 0.2) is 0 Å². The number of hydrogen-bond acceptors (Lipinski definition) is 3. The van der Waals surface area contributed by atoms with Crippen molar-refractivity contribution in [2.75, 3.05) is 5.32 Å². The molecule has 0 aliphatic heterocycles. The Morgan fingerprint density at radius 3 is 3.10 bits per heavy atom. The van der Waals surface area contributed by atoms with Gasteiger partial charge in [-0.15, -0.1) is 0 Å². The standard InChI is InChI=1S/C15H17F2N3O/c1-20-14-7-3-6-13(12(14)9-18-20)19-10-4-2-5-11(8-10)21-15(16)17/h2,4-5,8-9,13,15,19H,3,6-7H2,1H3. The van der Waals surface area contributed by atoms with E-state index in [1.165, 1.54) is 17.3 Å². The first kappa shape index (κ1) is 13.9. The molecule has 0 amide bonds. The first-order valence-corrected chi connectivity index (χ1v) is 6.95. The van der Waals surface area contributed by atoms with Crippen molar-refractivity contribution in [3.05, 3.63) is 41.7 Å². The van der Waals surface area contributed by atoms with Crippen LogP contribution in [0.5, 0.6) is 5.75 Å². The van der Waals surface area contributed by atoms with Crippen LogP contribution in [0.4, 0.5) is 14.5 Å². The molecule has 1 unspecified atom stereocenters. The van der Waals surface area contributed by atoms with E-state index < -0.39 is 6.61 Å². The van der Waals surface area contributed by atoms with Crippen molar-refractivity contribution in [2.45, 2.75) is 31.9 Å². The molecule has 3 rings (SSSR count). The lowest BCUT2D eigenvalue weighted by Gasteiger charge is -2.25. The minimum absolute atomic E-state index is 0.157. The highest BCUT2D eigenvalue weighted by Crippen LogP contribution is 2.32. The highest BCUT2D eigenvalue weighted by Gasteiger charge is 2.23. The van der Waals surface area contributed by atoms with Crippen molar-refractivity contribution >= 4 is 5.69 Å². The van der Waals surface area contributed by atoms with Crippen LogP contribution < -0.4 is 10.1 Å². The van der Waals surface area contributed by atoms with E-state index in [-0.39, 0.29) is 11.8 Å². The van der Waals surface area contributed by atoms with Crippen molar-refractivity contribution in [1.82, 2.24) is 9.78 Å². The molecule has 0 fully saturated rings. The molecule has 1 N–H and O–H groups in total. The van der Waals surface area contributed by atoms with E-state index in [4.69, 9.17) is 0 Å². The predicted octanol–water partition coefficient (Wildman–Crippen LogP) is 3.51. The van der Waals surface area contributed by atoms with Crippen LogP contribution >= 0.6 is 0 Å². The van der Waals surface area contributed by atoms with Crippen LogP contribution in [0.25, 0.3) is 0 Å². The van der Waals surface area contributed by atoms with Crippen LogP contribution in [0.3, 0.4) is 0 Å². The van der Waals surface area contributed by atoms with Crippen molar-refractivity contribution < 1.29 is 13.5 Å². The van der Waals surface area contributed by atoms with E-state index in [0.29, 0.717) is 0 Å². The summed E-state index contributed by atoms with van der Waals surface area (Å²) in [5.41, 5.74) is 3.19. The molecule has 0 bridgehead atoms. The Morgan fingerprint density at radius 2 is 2.29 bits per heavy atom. The molecule has 21 heavy (non-hydrogen) atoms. The first-order chi connectivity index (χ1) is 10.1. The van der Waals surface area contributed by atoms with Crippen LogP contribution in [0, 0.1) is 0 Å². The molecule has 1 aliphatic rings. The topological polar surface area (TPSA) is 39.1 Å². The Balaban J connectivity index is 1.78. The lowest BCUT2D eigenvalue weighted by Crippen LogP contribution is -2.17. The minimum Gasteiger partial charge on any atom is -0.435 e. The van der Waals surface area contributed by atoms with Crippen LogP contribution in [-0.2, 0) is 13.5 Å². The number of anilines is 1. The van der Waals surface area contributed by atoms with Crippen molar-refractivity contribution in [1.29, 1.82) is 0 Å². The van der Waals surface area contributed by atoms with Gasteiger partial charge >= 0.3 is 6.61 Å². The maximum absolute atomic E-state index is 12.3. The second-order valence-electron chi connectivity index (χ2n) is 5.17. The number of ether oxygens (including phenoxy) is 1. The fourth-order valence-corrected chi connectivity index (χ4v) is 2.82. The normalized spacial score (nSPS) is 17.6. The molecule has 1 aromatic heterocycles. The zero-order chi connectivity index (χ0) is 14.8. The molecule has 0 saturated carbocycles. The van der Waals surface area contributed by atoms with Crippen LogP contribution in [-0.4, -0.2) is 16.4 Å². The lowest BCUT2D eigenvalue weighted by atomic mass is 9.93. The van der Waals surface area contributed by atoms with Gasteiger partial charge in [-0.25, -0.2) is 0 Å². The molecule has 112 valence electrons. The molecule has 1 atom stereocenters. The number of hydrogen-bond donors (Lipinski definition) is 1. The van der Waals surface area contributed by atoms with Gasteiger partial charge in [0.1, 0.15) is 5.75 Å². The summed E-state index contributed by atoms with van der Waals surface area (Å²) in [6, 6.07) is 6.82. The second kappa shape index (κ2) is 5.71. The van der Waals surface area contributed by atoms with Crippen molar-refractivity contribution in [3.8, 4) is 5.75 Å². The average molecular weight is 293 g/mol. The van der Waals surface area contributed by atoms with Gasteiger partial charge in [0.05, 0.1) is 12.2 Å². The van der Waals surface area contributed by atoms with E-state index in [1.54, 1.807) is 12.1 Å². The first-order valence-electron chi connectivity index (χ1n) is 6.95. The number of rotatable bonds is 4. The number of halogens is 2. The Morgan fingerprint density at radius 1 is 1.43 bits per heavy atom. The van der Waals surface area contributed by atoms with Gasteiger partial charge < -0.3 is 10.1 Å². The monoisotopic (exact) mass is 293 g/mol. The van der Waals surface area contributed by atoms with E-state index in [0.717, 1.165) is 24.9 Å². The molecule has 0 saturated heterocycles. The molecule has 1 aromatic carbocycles. The third kappa shape index (κ3) is 2.99. The van der Waals surface area contributed by atoms with E-state index >= 15 is 0 Å². The predicted molar refractivity (Wildman–Crippen MR) is 75.6 cm³/mol. The van der Waals surface area contributed by atoms with E-state index in [2.05, 4.69) is 15.2 Å². The third-order valence-corrected chi connectivity index (χ3v) is 3.78. The summed E-state index contributed by atoms with van der Waals surface area (Å²) in [5.74, 6) is 0.164. The fraction of sp³-hybridized carbons (Fsp3) is 0.400. The molecule has 4 nitrogen and oxygen atoms in total. The Bertz CT molecular complexity index is 627. The number of aryl methyl sites for hydroxylation is 1. The number of nitrogens with one attached hydrogen (secondary N) is 1. The zero-order valence-corrected chi connectivity index (χ0v) is 11.7. The summed E-state index contributed by atoms with van der Waals surface area (Å²) in [4.78, 5) is 0.